The molecule has 106 valence electrons. The SMILES string of the molecule is CCNc1nc(C)nc(NC2CCS(=O)(=O)C2)c1C. The highest BCUT2D eigenvalue weighted by atomic mass is 32.2. The number of rotatable bonds is 4. The first-order valence-corrected chi connectivity index (χ1v) is 8.29. The molecule has 1 aromatic heterocycles. The van der Waals surface area contributed by atoms with Gasteiger partial charge in [0.2, 0.25) is 0 Å². The van der Waals surface area contributed by atoms with Gasteiger partial charge in [0.1, 0.15) is 17.5 Å². The lowest BCUT2D eigenvalue weighted by molar-refractivity contribution is 0.602. The maximum Gasteiger partial charge on any atom is 0.152 e. The lowest BCUT2D eigenvalue weighted by Crippen LogP contribution is -2.22. The fourth-order valence-corrected chi connectivity index (χ4v) is 3.88. The lowest BCUT2D eigenvalue weighted by Gasteiger charge is -2.16. The summed E-state index contributed by atoms with van der Waals surface area (Å²) in [7, 11) is -2.88. The molecule has 19 heavy (non-hydrogen) atoms. The summed E-state index contributed by atoms with van der Waals surface area (Å²) in [6.07, 6.45) is 0.640. The molecule has 2 rings (SSSR count). The van der Waals surface area contributed by atoms with Gasteiger partial charge in [-0.2, -0.15) is 0 Å². The Morgan fingerprint density at radius 3 is 2.53 bits per heavy atom. The zero-order valence-corrected chi connectivity index (χ0v) is 12.3. The Morgan fingerprint density at radius 2 is 1.95 bits per heavy atom. The molecule has 7 heteroatoms. The molecule has 0 spiro atoms. The van der Waals surface area contributed by atoms with Gasteiger partial charge in [-0.25, -0.2) is 18.4 Å². The number of sulfone groups is 1. The predicted octanol–water partition coefficient (Wildman–Crippen LogP) is 1.12. The van der Waals surface area contributed by atoms with E-state index in [1.54, 1.807) is 0 Å². The Labute approximate surface area is 114 Å². The molecular weight excluding hydrogens is 264 g/mol. The molecule has 1 aromatic rings. The molecule has 1 saturated heterocycles. The van der Waals surface area contributed by atoms with Crippen LogP contribution in [0.2, 0.25) is 0 Å². The molecule has 1 fully saturated rings. The molecule has 0 bridgehead atoms. The molecule has 2 N–H and O–H groups in total. The number of nitrogens with zero attached hydrogens (tertiary/aromatic N) is 2. The second kappa shape index (κ2) is 5.32. The number of hydrogen-bond donors (Lipinski definition) is 2. The third kappa shape index (κ3) is 3.34. The minimum Gasteiger partial charge on any atom is -0.370 e. The van der Waals surface area contributed by atoms with Gasteiger partial charge in [-0.15, -0.1) is 0 Å². The van der Waals surface area contributed by atoms with Crippen molar-refractivity contribution < 1.29 is 8.42 Å². The molecule has 1 aliphatic heterocycles. The predicted molar refractivity (Wildman–Crippen MR) is 76.4 cm³/mol. The van der Waals surface area contributed by atoms with Gasteiger partial charge in [-0.1, -0.05) is 0 Å². The van der Waals surface area contributed by atoms with Gasteiger partial charge in [0.25, 0.3) is 0 Å². The molecule has 0 radical (unpaired) electrons. The summed E-state index contributed by atoms with van der Waals surface area (Å²) in [6.45, 7) is 6.56. The molecule has 2 heterocycles. The maximum absolute atomic E-state index is 11.5. The molecule has 1 atom stereocenters. The van der Waals surface area contributed by atoms with Gasteiger partial charge in [0.15, 0.2) is 9.84 Å². The second-order valence-corrected chi connectivity index (χ2v) is 7.10. The van der Waals surface area contributed by atoms with Gasteiger partial charge in [0, 0.05) is 18.2 Å². The van der Waals surface area contributed by atoms with E-state index in [1.165, 1.54) is 0 Å². The van der Waals surface area contributed by atoms with Crippen molar-refractivity contribution in [3.05, 3.63) is 11.4 Å². The highest BCUT2D eigenvalue weighted by molar-refractivity contribution is 7.91. The van der Waals surface area contributed by atoms with Crippen LogP contribution in [-0.4, -0.2) is 42.5 Å². The minimum atomic E-state index is -2.88. The molecule has 6 nitrogen and oxygen atoms in total. The van der Waals surface area contributed by atoms with Crippen molar-refractivity contribution in [1.29, 1.82) is 0 Å². The average Bonchev–Trinajstić information content (AvgIpc) is 2.65. The first-order chi connectivity index (χ1) is 8.91. The third-order valence-electron chi connectivity index (χ3n) is 3.18. The number of anilines is 2. The van der Waals surface area contributed by atoms with Crippen LogP contribution in [-0.2, 0) is 9.84 Å². The van der Waals surface area contributed by atoms with E-state index in [1.807, 2.05) is 20.8 Å². The van der Waals surface area contributed by atoms with Crippen molar-refractivity contribution in [3.8, 4) is 0 Å². The van der Waals surface area contributed by atoms with Crippen molar-refractivity contribution in [3.63, 3.8) is 0 Å². The first kappa shape index (κ1) is 14.0. The van der Waals surface area contributed by atoms with Crippen molar-refractivity contribution >= 4 is 21.5 Å². The zero-order valence-electron chi connectivity index (χ0n) is 11.5. The van der Waals surface area contributed by atoms with Crippen molar-refractivity contribution in [2.45, 2.75) is 33.2 Å². The van der Waals surface area contributed by atoms with Crippen LogP contribution < -0.4 is 10.6 Å². The van der Waals surface area contributed by atoms with Crippen molar-refractivity contribution in [2.24, 2.45) is 0 Å². The first-order valence-electron chi connectivity index (χ1n) is 6.47. The lowest BCUT2D eigenvalue weighted by atomic mass is 10.2. The summed E-state index contributed by atoms with van der Waals surface area (Å²) in [5.41, 5.74) is 0.928. The topological polar surface area (TPSA) is 84.0 Å². The number of aryl methyl sites for hydroxylation is 1. The number of hydrogen-bond acceptors (Lipinski definition) is 6. The van der Waals surface area contributed by atoms with Gasteiger partial charge in [-0.05, 0) is 27.2 Å². The van der Waals surface area contributed by atoms with Crippen LogP contribution in [0.4, 0.5) is 11.6 Å². The Hall–Kier alpha value is -1.37. The van der Waals surface area contributed by atoms with E-state index in [-0.39, 0.29) is 17.5 Å². The van der Waals surface area contributed by atoms with E-state index >= 15 is 0 Å². The summed E-state index contributed by atoms with van der Waals surface area (Å²) in [5, 5.41) is 6.42. The third-order valence-corrected chi connectivity index (χ3v) is 4.94. The maximum atomic E-state index is 11.5. The fourth-order valence-electron chi connectivity index (χ4n) is 2.21. The van der Waals surface area contributed by atoms with Crippen LogP contribution in [0, 0.1) is 13.8 Å². The Morgan fingerprint density at radius 1 is 1.26 bits per heavy atom. The summed E-state index contributed by atoms with van der Waals surface area (Å²) in [6, 6.07) is -0.0486. The number of nitrogens with one attached hydrogen (secondary N) is 2. The van der Waals surface area contributed by atoms with E-state index < -0.39 is 9.84 Å². The molecule has 0 aliphatic carbocycles. The summed E-state index contributed by atoms with van der Waals surface area (Å²) in [4.78, 5) is 8.72. The summed E-state index contributed by atoms with van der Waals surface area (Å²) in [5.74, 6) is 2.65. The fraction of sp³-hybridized carbons (Fsp3) is 0.667. The standard InChI is InChI=1S/C12H20N4O2S/c1-4-13-11-8(2)12(15-9(3)14-11)16-10-5-6-19(17,18)7-10/h10H,4-7H2,1-3H3,(H2,13,14,15,16). The monoisotopic (exact) mass is 284 g/mol. The van der Waals surface area contributed by atoms with Crippen LogP contribution in [0.15, 0.2) is 0 Å². The Kier molecular flexibility index (Phi) is 3.93. The molecule has 1 aliphatic rings. The molecule has 0 amide bonds. The molecule has 1 unspecified atom stereocenters. The van der Waals surface area contributed by atoms with E-state index in [2.05, 4.69) is 20.6 Å². The highest BCUT2D eigenvalue weighted by Crippen LogP contribution is 2.23. The van der Waals surface area contributed by atoms with Gasteiger partial charge in [0.05, 0.1) is 11.5 Å². The van der Waals surface area contributed by atoms with E-state index in [0.29, 0.717) is 12.2 Å². The minimum absolute atomic E-state index is 0.0486. The summed E-state index contributed by atoms with van der Waals surface area (Å²) >= 11 is 0. The quantitative estimate of drug-likeness (QED) is 0.862. The zero-order chi connectivity index (χ0) is 14.0. The van der Waals surface area contributed by atoms with E-state index in [9.17, 15) is 8.42 Å². The van der Waals surface area contributed by atoms with Crippen molar-refractivity contribution in [1.82, 2.24) is 9.97 Å². The van der Waals surface area contributed by atoms with Gasteiger partial charge in [-0.3, -0.25) is 0 Å². The Bertz CT molecular complexity index is 571. The second-order valence-electron chi connectivity index (χ2n) is 4.87. The number of aromatic nitrogens is 2. The smallest absolute Gasteiger partial charge is 0.152 e. The summed E-state index contributed by atoms with van der Waals surface area (Å²) < 4.78 is 22.9. The van der Waals surface area contributed by atoms with Crippen LogP contribution in [0.5, 0.6) is 0 Å². The van der Waals surface area contributed by atoms with Crippen molar-refractivity contribution in [2.75, 3.05) is 28.7 Å². The highest BCUT2D eigenvalue weighted by Gasteiger charge is 2.28. The van der Waals surface area contributed by atoms with Crippen LogP contribution in [0.3, 0.4) is 0 Å². The normalized spacial score (nSPS) is 21.3. The van der Waals surface area contributed by atoms with Gasteiger partial charge < -0.3 is 10.6 Å². The van der Waals surface area contributed by atoms with Gasteiger partial charge >= 0.3 is 0 Å². The molecule has 0 aromatic carbocycles. The molecule has 0 saturated carbocycles. The molecular formula is C12H20N4O2S. The van der Waals surface area contributed by atoms with Crippen LogP contribution in [0.1, 0.15) is 24.7 Å². The average molecular weight is 284 g/mol. The van der Waals surface area contributed by atoms with Crippen LogP contribution in [0.25, 0.3) is 0 Å². The largest absolute Gasteiger partial charge is 0.370 e. The van der Waals surface area contributed by atoms with E-state index in [4.69, 9.17) is 0 Å². The Balaban J connectivity index is 2.20. The van der Waals surface area contributed by atoms with Crippen LogP contribution >= 0.6 is 0 Å². The van der Waals surface area contributed by atoms with E-state index in [0.717, 1.165) is 23.7 Å².